The van der Waals surface area contributed by atoms with Crippen LogP contribution in [-0.2, 0) is 28.5 Å². The summed E-state index contributed by atoms with van der Waals surface area (Å²) in [6.45, 7) is 1.24. The highest BCUT2D eigenvalue weighted by molar-refractivity contribution is 7.85. The van der Waals surface area contributed by atoms with Crippen molar-refractivity contribution in [2.24, 2.45) is 0 Å². The van der Waals surface area contributed by atoms with Crippen LogP contribution in [0.15, 0.2) is 30.6 Å². The molecule has 218 valence electrons. The van der Waals surface area contributed by atoms with Gasteiger partial charge in [0.1, 0.15) is 24.6 Å². The summed E-state index contributed by atoms with van der Waals surface area (Å²) in [5, 5.41) is 14.9. The molecule has 1 aromatic heterocycles. The molecule has 0 aliphatic heterocycles. The Hall–Kier alpha value is -2.92. The molecule has 3 rings (SSSR count). The number of hydrogen-bond donors (Lipinski definition) is 1. The molecular formula is C23H25Cl2FN4O9S. The van der Waals surface area contributed by atoms with Crippen LogP contribution in [0.1, 0.15) is 0 Å². The predicted octanol–water partition coefficient (Wildman–Crippen LogP) is 4.13. The predicted molar refractivity (Wildman–Crippen MR) is 145 cm³/mol. The minimum Gasteiger partial charge on any atom is -0.484 e. The summed E-state index contributed by atoms with van der Waals surface area (Å²) in [6.07, 6.45) is 2.17. The van der Waals surface area contributed by atoms with Gasteiger partial charge in [-0.15, -0.1) is 0 Å². The average molecular weight is 623 g/mol. The fourth-order valence-electron chi connectivity index (χ4n) is 3.17. The summed E-state index contributed by atoms with van der Waals surface area (Å²) < 4.78 is 61.9. The first-order chi connectivity index (χ1) is 19.0. The first-order valence-corrected chi connectivity index (χ1v) is 14.2. The zero-order valence-electron chi connectivity index (χ0n) is 21.1. The van der Waals surface area contributed by atoms with E-state index in [9.17, 15) is 22.9 Å². The zero-order valence-corrected chi connectivity index (χ0v) is 23.4. The number of benzene rings is 2. The van der Waals surface area contributed by atoms with E-state index in [0.29, 0.717) is 5.52 Å². The van der Waals surface area contributed by atoms with Crippen LogP contribution in [-0.4, -0.2) is 82.4 Å². The van der Waals surface area contributed by atoms with Gasteiger partial charge < -0.3 is 24.3 Å². The van der Waals surface area contributed by atoms with Crippen molar-refractivity contribution in [3.63, 3.8) is 0 Å². The fraction of sp³-hybridized carbons (Fsp3) is 0.391. The van der Waals surface area contributed by atoms with E-state index in [4.69, 9.17) is 42.1 Å². The number of rotatable bonds is 17. The van der Waals surface area contributed by atoms with Crippen LogP contribution in [0.2, 0.25) is 10.0 Å². The highest BCUT2D eigenvalue weighted by Crippen LogP contribution is 2.36. The molecule has 3 aromatic rings. The number of nitro groups is 1. The number of anilines is 2. The molecule has 0 saturated carbocycles. The summed E-state index contributed by atoms with van der Waals surface area (Å²) >= 11 is 11.8. The summed E-state index contributed by atoms with van der Waals surface area (Å²) in [6, 6.07) is 4.93. The molecule has 17 heteroatoms. The summed E-state index contributed by atoms with van der Waals surface area (Å²) in [5.74, 6) is -0.598. The van der Waals surface area contributed by atoms with Crippen LogP contribution in [0.25, 0.3) is 10.9 Å². The van der Waals surface area contributed by atoms with E-state index >= 15 is 0 Å². The molecule has 40 heavy (non-hydrogen) atoms. The van der Waals surface area contributed by atoms with Crippen LogP contribution in [0, 0.1) is 15.9 Å². The molecule has 0 bridgehead atoms. The molecule has 0 unspecified atom stereocenters. The molecule has 0 aliphatic rings. The topological polar surface area (TPSA) is 161 Å². The molecule has 0 aliphatic carbocycles. The smallest absolute Gasteiger partial charge is 0.311 e. The van der Waals surface area contributed by atoms with Gasteiger partial charge in [-0.3, -0.25) is 14.3 Å². The Balaban J connectivity index is 1.48. The van der Waals surface area contributed by atoms with Crippen molar-refractivity contribution in [1.82, 2.24) is 9.97 Å². The molecular weight excluding hydrogens is 598 g/mol. The number of nitrogens with one attached hydrogen (secondary N) is 1. The van der Waals surface area contributed by atoms with Gasteiger partial charge in [-0.1, -0.05) is 23.2 Å². The number of hydrogen-bond acceptors (Lipinski definition) is 12. The minimum absolute atomic E-state index is 0.0144. The molecule has 0 amide bonds. The van der Waals surface area contributed by atoms with Crippen LogP contribution >= 0.6 is 23.2 Å². The maximum atomic E-state index is 14.3. The Morgan fingerprint density at radius 2 is 1.52 bits per heavy atom. The van der Waals surface area contributed by atoms with Crippen molar-refractivity contribution < 1.29 is 40.9 Å². The lowest BCUT2D eigenvalue weighted by atomic mass is 10.2. The SMILES string of the molecule is CS(=O)(=O)OCCOCCOCCOCCOc1cc2ncnc(Nc3cc(Cl)c(Cl)cc3F)c2cc1[N+](=O)[O-]. The average Bonchev–Trinajstić information content (AvgIpc) is 2.89. The van der Waals surface area contributed by atoms with Gasteiger partial charge in [0.25, 0.3) is 10.1 Å². The molecule has 1 N–H and O–H groups in total. The van der Waals surface area contributed by atoms with Crippen molar-refractivity contribution in [3.05, 3.63) is 56.6 Å². The van der Waals surface area contributed by atoms with E-state index in [-0.39, 0.29) is 91.2 Å². The number of halogens is 3. The second-order valence-electron chi connectivity index (χ2n) is 7.90. The molecule has 0 spiro atoms. The third-order valence-electron chi connectivity index (χ3n) is 4.93. The van der Waals surface area contributed by atoms with Gasteiger partial charge in [0, 0.05) is 12.1 Å². The standard InChI is InChI=1S/C23H25Cl2FN4O9S/c1-40(33,34)39-9-7-37-5-3-35-2-4-36-6-8-38-22-13-19-15(10-21(22)30(31)32)23(28-14-27-19)29-20-12-17(25)16(24)11-18(20)26/h10-14H,2-9H2,1H3,(H,27,28,29). The lowest BCUT2D eigenvalue weighted by Crippen LogP contribution is -2.14. The second-order valence-corrected chi connectivity index (χ2v) is 10.4. The minimum atomic E-state index is -3.49. The van der Waals surface area contributed by atoms with Crippen LogP contribution in [0.3, 0.4) is 0 Å². The van der Waals surface area contributed by atoms with Crippen LogP contribution in [0.5, 0.6) is 5.75 Å². The highest BCUT2D eigenvalue weighted by atomic mass is 35.5. The van der Waals surface area contributed by atoms with Crippen molar-refractivity contribution in [1.29, 1.82) is 0 Å². The Morgan fingerprint density at radius 3 is 2.15 bits per heavy atom. The fourth-order valence-corrected chi connectivity index (χ4v) is 3.86. The Morgan fingerprint density at radius 1 is 0.925 bits per heavy atom. The van der Waals surface area contributed by atoms with Gasteiger partial charge in [0.05, 0.1) is 84.1 Å². The maximum Gasteiger partial charge on any atom is 0.311 e. The number of ether oxygens (including phenoxy) is 4. The van der Waals surface area contributed by atoms with Crippen LogP contribution in [0.4, 0.5) is 21.6 Å². The van der Waals surface area contributed by atoms with Gasteiger partial charge >= 0.3 is 5.69 Å². The van der Waals surface area contributed by atoms with E-state index in [1.807, 2.05) is 0 Å². The summed E-state index contributed by atoms with van der Waals surface area (Å²) in [5.41, 5.74) is -0.0477. The molecule has 0 atom stereocenters. The van der Waals surface area contributed by atoms with E-state index in [0.717, 1.165) is 12.3 Å². The van der Waals surface area contributed by atoms with Gasteiger partial charge in [0.2, 0.25) is 0 Å². The quantitative estimate of drug-likeness (QED) is 0.0754. The van der Waals surface area contributed by atoms with Crippen molar-refractivity contribution in [3.8, 4) is 5.75 Å². The lowest BCUT2D eigenvalue weighted by molar-refractivity contribution is -0.385. The van der Waals surface area contributed by atoms with E-state index in [2.05, 4.69) is 19.5 Å². The lowest BCUT2D eigenvalue weighted by Gasteiger charge is -2.12. The normalized spacial score (nSPS) is 11.6. The Bertz CT molecular complexity index is 1430. The molecule has 1 heterocycles. The molecule has 2 aromatic carbocycles. The van der Waals surface area contributed by atoms with Gasteiger partial charge in [0.15, 0.2) is 5.75 Å². The van der Waals surface area contributed by atoms with Crippen molar-refractivity contribution in [2.45, 2.75) is 0 Å². The van der Waals surface area contributed by atoms with E-state index < -0.39 is 20.9 Å². The van der Waals surface area contributed by atoms with Gasteiger partial charge in [-0.05, 0) is 12.1 Å². The largest absolute Gasteiger partial charge is 0.484 e. The monoisotopic (exact) mass is 622 g/mol. The van der Waals surface area contributed by atoms with Gasteiger partial charge in [-0.25, -0.2) is 14.4 Å². The van der Waals surface area contributed by atoms with Crippen molar-refractivity contribution >= 4 is 61.4 Å². The number of nitro benzene ring substituents is 1. The second kappa shape index (κ2) is 15.2. The molecule has 0 saturated heterocycles. The maximum absolute atomic E-state index is 14.3. The van der Waals surface area contributed by atoms with Crippen LogP contribution < -0.4 is 10.1 Å². The number of aromatic nitrogens is 2. The van der Waals surface area contributed by atoms with Crippen molar-refractivity contribution in [2.75, 3.05) is 64.4 Å². The highest BCUT2D eigenvalue weighted by Gasteiger charge is 2.20. The van der Waals surface area contributed by atoms with Gasteiger partial charge in [-0.2, -0.15) is 8.42 Å². The van der Waals surface area contributed by atoms with E-state index in [1.54, 1.807) is 0 Å². The first kappa shape index (κ1) is 31.6. The Labute approximate surface area is 238 Å². The first-order valence-electron chi connectivity index (χ1n) is 11.6. The molecule has 13 nitrogen and oxygen atoms in total. The number of nitrogens with zero attached hydrogens (tertiary/aromatic N) is 3. The number of fused-ring (bicyclic) bond motifs is 1. The third-order valence-corrected chi connectivity index (χ3v) is 6.25. The summed E-state index contributed by atoms with van der Waals surface area (Å²) in [7, 11) is -3.49. The zero-order chi connectivity index (χ0) is 29.1. The molecule has 0 fully saturated rings. The summed E-state index contributed by atoms with van der Waals surface area (Å²) in [4.78, 5) is 19.3. The van der Waals surface area contributed by atoms with E-state index in [1.165, 1.54) is 24.5 Å². The molecule has 0 radical (unpaired) electrons. The third kappa shape index (κ3) is 9.92. The Kier molecular flexibility index (Phi) is 12.0.